The van der Waals surface area contributed by atoms with Crippen LogP contribution in [-0.2, 0) is 16.0 Å². The molecule has 1 fully saturated rings. The Morgan fingerprint density at radius 1 is 0.950 bits per heavy atom. The number of ether oxygens (including phenoxy) is 2. The summed E-state index contributed by atoms with van der Waals surface area (Å²) in [4.78, 5) is 15.4. The van der Waals surface area contributed by atoms with Crippen molar-refractivity contribution in [3.05, 3.63) is 106 Å². The fourth-order valence-electron chi connectivity index (χ4n) is 4.95. The Bertz CT molecular complexity index is 1380. The lowest BCUT2D eigenvalue weighted by Crippen LogP contribution is -2.36. The van der Waals surface area contributed by atoms with Gasteiger partial charge in [0.25, 0.3) is 0 Å². The summed E-state index contributed by atoms with van der Waals surface area (Å²) in [7, 11) is 0. The maximum absolute atomic E-state index is 13.8. The second-order valence-electron chi connectivity index (χ2n) is 10.3. The van der Waals surface area contributed by atoms with Crippen molar-refractivity contribution in [2.75, 3.05) is 19.7 Å². The Hall–Kier alpha value is -3.65. The summed E-state index contributed by atoms with van der Waals surface area (Å²) in [6.07, 6.45) is 3.51. The molecule has 0 N–H and O–H groups in total. The van der Waals surface area contributed by atoms with Crippen LogP contribution in [0.3, 0.4) is 0 Å². The zero-order valence-corrected chi connectivity index (χ0v) is 22.3. The van der Waals surface area contributed by atoms with E-state index < -0.39 is 23.2 Å². The van der Waals surface area contributed by atoms with E-state index in [9.17, 15) is 22.4 Å². The lowest BCUT2D eigenvalue weighted by Gasteiger charge is -2.35. The highest BCUT2D eigenvalue weighted by atomic mass is 19.2. The molecule has 8 heteroatoms. The first-order chi connectivity index (χ1) is 19.3. The second kappa shape index (κ2) is 12.3. The molecule has 3 aromatic carbocycles. The molecule has 0 aromatic heterocycles. The van der Waals surface area contributed by atoms with E-state index in [0.717, 1.165) is 53.8 Å². The molecule has 1 aliphatic heterocycles. The van der Waals surface area contributed by atoms with Gasteiger partial charge in [-0.25, -0.2) is 18.0 Å². The van der Waals surface area contributed by atoms with E-state index in [2.05, 4.69) is 11.8 Å². The summed E-state index contributed by atoms with van der Waals surface area (Å²) < 4.78 is 65.1. The number of carbonyl (C=O) groups excluding carboxylic acids is 1. The van der Waals surface area contributed by atoms with Gasteiger partial charge in [0.1, 0.15) is 11.9 Å². The van der Waals surface area contributed by atoms with Crippen LogP contribution in [0.15, 0.2) is 66.2 Å². The number of hydrogen-bond acceptors (Lipinski definition) is 4. The summed E-state index contributed by atoms with van der Waals surface area (Å²) in [5.41, 5.74) is 4.53. The van der Waals surface area contributed by atoms with Gasteiger partial charge in [-0.15, -0.1) is 0 Å². The average molecular weight is 554 g/mol. The van der Waals surface area contributed by atoms with E-state index >= 15 is 0 Å². The van der Waals surface area contributed by atoms with Crippen molar-refractivity contribution in [3.8, 4) is 5.75 Å². The van der Waals surface area contributed by atoms with Crippen molar-refractivity contribution < 1.29 is 31.8 Å². The first-order valence-electron chi connectivity index (χ1n) is 13.6. The van der Waals surface area contributed by atoms with Gasteiger partial charge in [0.05, 0.1) is 12.2 Å². The number of aryl methyl sites for hydroxylation is 1. The Balaban J connectivity index is 1.26. The van der Waals surface area contributed by atoms with Gasteiger partial charge in [-0.2, -0.15) is 4.39 Å². The number of rotatable bonds is 10. The second-order valence-corrected chi connectivity index (χ2v) is 10.3. The number of carbonyl (C=O) groups is 1. The number of halogens is 4. The van der Waals surface area contributed by atoms with Crippen molar-refractivity contribution in [1.29, 1.82) is 0 Å². The largest absolute Gasteiger partial charge is 0.488 e. The van der Waals surface area contributed by atoms with Crippen molar-refractivity contribution in [2.45, 2.75) is 51.2 Å². The molecule has 0 radical (unpaired) electrons. The Kier molecular flexibility index (Phi) is 8.54. The minimum atomic E-state index is -1.33. The monoisotopic (exact) mass is 553 g/mol. The summed E-state index contributed by atoms with van der Waals surface area (Å²) in [5, 5.41) is 0. The van der Waals surface area contributed by atoms with Crippen LogP contribution < -0.4 is 4.74 Å². The molecule has 0 bridgehead atoms. The van der Waals surface area contributed by atoms with Gasteiger partial charge in [-0.3, -0.25) is 4.90 Å². The number of nitrogens with zero attached hydrogens (tertiary/aromatic N) is 1. The number of hydrogen-bond donors (Lipinski definition) is 0. The molecule has 1 saturated carbocycles. The Labute approximate surface area is 231 Å². The molecule has 1 aliphatic carbocycles. The molecule has 40 heavy (non-hydrogen) atoms. The SMILES string of the molecule is CC(c1ccc(F)cc1)N1CCC(c2ccc(CCCOc3c(F)ccc(F)c3F)cc2)=C(C(=O)OC2CC2)C1. The van der Waals surface area contributed by atoms with Crippen molar-refractivity contribution in [1.82, 2.24) is 4.90 Å². The van der Waals surface area contributed by atoms with Crippen LogP contribution in [0.5, 0.6) is 5.75 Å². The first-order valence-corrected chi connectivity index (χ1v) is 13.6. The minimum absolute atomic E-state index is 0.00444. The van der Waals surface area contributed by atoms with Gasteiger partial charge in [-0.05, 0) is 85.6 Å². The molecule has 0 amide bonds. The molecule has 0 saturated heterocycles. The third-order valence-corrected chi connectivity index (χ3v) is 7.48. The first kappa shape index (κ1) is 27.9. The molecule has 0 spiro atoms. The highest BCUT2D eigenvalue weighted by molar-refractivity contribution is 5.98. The summed E-state index contributed by atoms with van der Waals surface area (Å²) >= 11 is 0. The van der Waals surface area contributed by atoms with Crippen LogP contribution in [0.25, 0.3) is 5.57 Å². The van der Waals surface area contributed by atoms with Gasteiger partial charge in [-0.1, -0.05) is 36.4 Å². The number of benzene rings is 3. The van der Waals surface area contributed by atoms with E-state index in [0.29, 0.717) is 31.4 Å². The summed E-state index contributed by atoms with van der Waals surface area (Å²) in [6, 6.07) is 15.9. The highest BCUT2D eigenvalue weighted by Crippen LogP contribution is 2.34. The third-order valence-electron chi connectivity index (χ3n) is 7.48. The highest BCUT2D eigenvalue weighted by Gasteiger charge is 2.32. The van der Waals surface area contributed by atoms with E-state index in [4.69, 9.17) is 9.47 Å². The standard InChI is InChI=1S/C32H31F4NO3/c1-20(22-8-10-24(33)11-9-22)37-17-16-26(27(19-37)32(38)40-25-12-13-25)23-6-4-21(5-7-23)3-2-18-39-31-29(35)15-14-28(34)30(31)36/h4-11,14-15,20,25H,2-3,12-13,16-19H2,1H3. The molecular formula is C32H31F4NO3. The fourth-order valence-corrected chi connectivity index (χ4v) is 4.95. The van der Waals surface area contributed by atoms with Gasteiger partial charge in [0.2, 0.25) is 5.82 Å². The van der Waals surface area contributed by atoms with Crippen LogP contribution in [-0.4, -0.2) is 36.7 Å². The van der Waals surface area contributed by atoms with Crippen LogP contribution in [0, 0.1) is 23.3 Å². The van der Waals surface area contributed by atoms with Gasteiger partial charge < -0.3 is 9.47 Å². The fraction of sp³-hybridized carbons (Fsp3) is 0.344. The molecule has 2 aliphatic rings. The van der Waals surface area contributed by atoms with E-state index in [1.807, 2.05) is 24.3 Å². The zero-order chi connectivity index (χ0) is 28.2. The summed E-state index contributed by atoms with van der Waals surface area (Å²) in [5.74, 6) is -4.69. The third kappa shape index (κ3) is 6.55. The Morgan fingerprint density at radius 2 is 1.65 bits per heavy atom. The predicted molar refractivity (Wildman–Crippen MR) is 144 cm³/mol. The van der Waals surface area contributed by atoms with Crippen LogP contribution in [0.2, 0.25) is 0 Å². The van der Waals surface area contributed by atoms with Gasteiger partial charge in [0.15, 0.2) is 17.4 Å². The van der Waals surface area contributed by atoms with Crippen molar-refractivity contribution in [3.63, 3.8) is 0 Å². The van der Waals surface area contributed by atoms with Crippen molar-refractivity contribution in [2.24, 2.45) is 0 Å². The van der Waals surface area contributed by atoms with Crippen LogP contribution in [0.1, 0.15) is 55.3 Å². The molecule has 1 unspecified atom stereocenters. The Morgan fingerprint density at radius 3 is 2.35 bits per heavy atom. The van der Waals surface area contributed by atoms with Gasteiger partial charge >= 0.3 is 5.97 Å². The molecule has 5 rings (SSSR count). The molecular weight excluding hydrogens is 522 g/mol. The normalized spacial score (nSPS) is 16.6. The van der Waals surface area contributed by atoms with Crippen LogP contribution in [0.4, 0.5) is 17.6 Å². The van der Waals surface area contributed by atoms with E-state index in [1.54, 1.807) is 12.1 Å². The average Bonchev–Trinajstić information content (AvgIpc) is 3.79. The molecule has 3 aromatic rings. The molecule has 210 valence electrons. The summed E-state index contributed by atoms with van der Waals surface area (Å²) in [6.45, 7) is 3.26. The maximum Gasteiger partial charge on any atom is 0.335 e. The predicted octanol–water partition coefficient (Wildman–Crippen LogP) is 7.18. The molecule has 1 heterocycles. The smallest absolute Gasteiger partial charge is 0.335 e. The maximum atomic E-state index is 13.8. The number of esters is 1. The lowest BCUT2D eigenvalue weighted by molar-refractivity contribution is -0.140. The van der Waals surface area contributed by atoms with Crippen molar-refractivity contribution >= 4 is 11.5 Å². The molecule has 1 atom stereocenters. The zero-order valence-electron chi connectivity index (χ0n) is 22.3. The minimum Gasteiger partial charge on any atom is -0.488 e. The lowest BCUT2D eigenvalue weighted by atomic mass is 9.91. The van der Waals surface area contributed by atoms with Gasteiger partial charge in [0, 0.05) is 19.1 Å². The quantitative estimate of drug-likeness (QED) is 0.115. The van der Waals surface area contributed by atoms with Crippen LogP contribution >= 0.6 is 0 Å². The molecule has 4 nitrogen and oxygen atoms in total. The topological polar surface area (TPSA) is 38.8 Å². The van der Waals surface area contributed by atoms with E-state index in [-0.39, 0.29) is 30.5 Å². The van der Waals surface area contributed by atoms with E-state index in [1.165, 1.54) is 12.1 Å².